The first-order valence-corrected chi connectivity index (χ1v) is 9.87. The first-order chi connectivity index (χ1) is 15.4. The molecule has 0 unspecified atom stereocenters. The molecule has 1 aliphatic heterocycles. The Morgan fingerprint density at radius 2 is 1.91 bits per heavy atom. The van der Waals surface area contributed by atoms with Crippen LogP contribution in [-0.2, 0) is 19.1 Å². The predicted molar refractivity (Wildman–Crippen MR) is 109 cm³/mol. The third-order valence-electron chi connectivity index (χ3n) is 5.39. The number of benzene rings is 2. The van der Waals surface area contributed by atoms with Gasteiger partial charge in [0.15, 0.2) is 0 Å². The number of hydrogen-bond donors (Lipinski definition) is 1. The summed E-state index contributed by atoms with van der Waals surface area (Å²) < 4.78 is 39.9. The molecule has 1 saturated heterocycles. The highest BCUT2D eigenvalue weighted by atomic mass is 19.3. The van der Waals surface area contributed by atoms with E-state index in [1.807, 2.05) is 24.3 Å². The largest absolute Gasteiger partial charge is 0.467 e. The second kappa shape index (κ2) is 8.91. The molecule has 2 amide bonds. The molecule has 10 heteroatoms. The van der Waals surface area contributed by atoms with Crippen molar-refractivity contribution in [2.75, 3.05) is 20.2 Å². The van der Waals surface area contributed by atoms with Crippen LogP contribution in [0, 0.1) is 0 Å². The van der Waals surface area contributed by atoms with E-state index < -0.39 is 43.1 Å². The lowest BCUT2D eigenvalue weighted by Gasteiger charge is -2.22. The van der Waals surface area contributed by atoms with E-state index in [1.54, 1.807) is 18.2 Å². The predicted octanol–water partition coefficient (Wildman–Crippen LogP) is 2.70. The summed E-state index contributed by atoms with van der Waals surface area (Å²) in [5.41, 5.74) is 1.51. The molecule has 1 fully saturated rings. The van der Waals surface area contributed by atoms with Crippen LogP contribution in [0.25, 0.3) is 21.9 Å². The van der Waals surface area contributed by atoms with Gasteiger partial charge in [0.05, 0.1) is 19.8 Å². The highest BCUT2D eigenvalue weighted by Gasteiger charge is 2.41. The number of amides is 2. The number of carbonyl (C=O) groups excluding carboxylic acids is 3. The summed E-state index contributed by atoms with van der Waals surface area (Å²) in [7, 11) is 1.14. The van der Waals surface area contributed by atoms with Crippen LogP contribution in [0.4, 0.5) is 8.78 Å². The summed E-state index contributed by atoms with van der Waals surface area (Å²) in [6, 6.07) is 11.4. The highest BCUT2D eigenvalue weighted by molar-refractivity contribution is 6.07. The molecule has 0 aliphatic carbocycles. The van der Waals surface area contributed by atoms with E-state index in [9.17, 15) is 23.2 Å². The number of esters is 1. The number of alkyl halides is 2. The van der Waals surface area contributed by atoms with Gasteiger partial charge in [-0.3, -0.25) is 9.59 Å². The van der Waals surface area contributed by atoms with Crippen molar-refractivity contribution in [3.63, 3.8) is 0 Å². The van der Waals surface area contributed by atoms with Crippen molar-refractivity contribution in [3.05, 3.63) is 48.0 Å². The van der Waals surface area contributed by atoms with Gasteiger partial charge >= 0.3 is 12.6 Å². The number of fused-ring (bicyclic) bond motifs is 3. The monoisotopic (exact) mass is 446 g/mol. The van der Waals surface area contributed by atoms with Gasteiger partial charge in [-0.25, -0.2) is 4.79 Å². The van der Waals surface area contributed by atoms with Crippen LogP contribution in [0.15, 0.2) is 46.9 Å². The summed E-state index contributed by atoms with van der Waals surface area (Å²) in [5.74, 6) is -1.87. The van der Waals surface area contributed by atoms with Crippen molar-refractivity contribution in [3.8, 4) is 0 Å². The normalized spacial score (nSPS) is 18.4. The minimum absolute atomic E-state index is 0.112. The van der Waals surface area contributed by atoms with Gasteiger partial charge in [-0.15, -0.1) is 0 Å². The van der Waals surface area contributed by atoms with Crippen LogP contribution in [0.5, 0.6) is 0 Å². The lowest BCUT2D eigenvalue weighted by Crippen LogP contribution is -2.46. The van der Waals surface area contributed by atoms with Gasteiger partial charge in [0.25, 0.3) is 5.91 Å². The van der Waals surface area contributed by atoms with Crippen molar-refractivity contribution in [2.24, 2.45) is 0 Å². The Labute approximate surface area is 181 Å². The van der Waals surface area contributed by atoms with Crippen LogP contribution in [-0.4, -0.2) is 61.6 Å². The number of likely N-dealkylation sites (tertiary alicyclic amines) is 1. The number of methoxy groups -OCH3 is 1. The molecular weight excluding hydrogens is 426 g/mol. The zero-order chi connectivity index (χ0) is 22.8. The zero-order valence-corrected chi connectivity index (χ0v) is 17.0. The summed E-state index contributed by atoms with van der Waals surface area (Å²) in [6.45, 7) is -3.66. The quantitative estimate of drug-likeness (QED) is 0.585. The minimum atomic E-state index is -3.03. The average Bonchev–Trinajstić information content (AvgIpc) is 3.37. The second-order valence-electron chi connectivity index (χ2n) is 7.33. The molecule has 0 radical (unpaired) electrons. The third kappa shape index (κ3) is 4.26. The number of nitrogens with zero attached hydrogens (tertiary/aromatic N) is 1. The Morgan fingerprint density at radius 1 is 1.16 bits per heavy atom. The number of para-hydroxylation sites is 1. The van der Waals surface area contributed by atoms with Crippen molar-refractivity contribution in [1.29, 1.82) is 0 Å². The van der Waals surface area contributed by atoms with Gasteiger partial charge in [0.2, 0.25) is 5.91 Å². The van der Waals surface area contributed by atoms with Gasteiger partial charge < -0.3 is 24.1 Å². The maximum absolute atomic E-state index is 12.6. The Hall–Kier alpha value is -3.53. The Bertz CT molecular complexity index is 1180. The van der Waals surface area contributed by atoms with E-state index in [0.717, 1.165) is 22.8 Å². The first-order valence-electron chi connectivity index (χ1n) is 9.87. The van der Waals surface area contributed by atoms with E-state index >= 15 is 0 Å². The number of nitrogens with one attached hydrogen (secondary N) is 1. The molecule has 0 saturated carbocycles. The van der Waals surface area contributed by atoms with Gasteiger partial charge in [-0.1, -0.05) is 18.2 Å². The summed E-state index contributed by atoms with van der Waals surface area (Å²) >= 11 is 0. The molecule has 4 rings (SSSR count). The summed E-state index contributed by atoms with van der Waals surface area (Å²) in [5, 5.41) is 4.28. The number of rotatable bonds is 6. The third-order valence-corrected chi connectivity index (χ3v) is 5.39. The SMILES string of the molecule is COC(=O)[C@@H]1C[C@@H](OC(F)F)CN1C(=O)CNC(=O)c1ccc2c(c1)oc1ccccc12. The molecule has 2 atom stereocenters. The standard InChI is InChI=1S/C22H20F2N2O6/c1-30-21(29)16-9-13(31-22(23)24)11-26(16)19(27)10-25-20(28)12-6-7-15-14-4-2-3-5-17(14)32-18(15)8-12/h2-8,13,16,22H,9-11H2,1H3,(H,25,28)/t13-,16+/m1/s1. The molecule has 8 nitrogen and oxygen atoms in total. The van der Waals surface area contributed by atoms with Gasteiger partial charge in [0.1, 0.15) is 17.2 Å². The molecule has 0 bridgehead atoms. The van der Waals surface area contributed by atoms with Crippen LogP contribution in [0.2, 0.25) is 0 Å². The molecular formula is C22H20F2N2O6. The van der Waals surface area contributed by atoms with Crippen LogP contribution in [0.1, 0.15) is 16.8 Å². The molecule has 1 aromatic heterocycles. The first kappa shape index (κ1) is 21.7. The highest BCUT2D eigenvalue weighted by Crippen LogP contribution is 2.29. The Morgan fingerprint density at radius 3 is 2.66 bits per heavy atom. The van der Waals surface area contributed by atoms with E-state index in [-0.39, 0.29) is 18.5 Å². The number of halogens is 2. The summed E-state index contributed by atoms with van der Waals surface area (Å²) in [4.78, 5) is 38.2. The fourth-order valence-corrected chi connectivity index (χ4v) is 3.90. The Kier molecular flexibility index (Phi) is 6.04. The second-order valence-corrected chi connectivity index (χ2v) is 7.33. The van der Waals surface area contributed by atoms with E-state index in [4.69, 9.17) is 4.42 Å². The topological polar surface area (TPSA) is 98.1 Å². The number of ether oxygens (including phenoxy) is 2. The molecule has 3 aromatic rings. The van der Waals surface area contributed by atoms with Crippen molar-refractivity contribution in [2.45, 2.75) is 25.2 Å². The van der Waals surface area contributed by atoms with E-state index in [2.05, 4.69) is 14.8 Å². The minimum Gasteiger partial charge on any atom is -0.467 e. The summed E-state index contributed by atoms with van der Waals surface area (Å²) in [6.07, 6.45) is -1.12. The lowest BCUT2D eigenvalue weighted by atomic mass is 10.1. The van der Waals surface area contributed by atoms with Crippen molar-refractivity contribution in [1.82, 2.24) is 10.2 Å². The van der Waals surface area contributed by atoms with Crippen LogP contribution < -0.4 is 5.32 Å². The van der Waals surface area contributed by atoms with E-state index in [0.29, 0.717) is 11.2 Å². The van der Waals surface area contributed by atoms with Gasteiger partial charge in [-0.05, 0) is 24.3 Å². The van der Waals surface area contributed by atoms with Gasteiger partial charge in [-0.2, -0.15) is 8.78 Å². The van der Waals surface area contributed by atoms with E-state index in [1.165, 1.54) is 0 Å². The molecule has 2 aromatic carbocycles. The smallest absolute Gasteiger partial charge is 0.345 e. The maximum atomic E-state index is 12.6. The van der Waals surface area contributed by atoms with Crippen LogP contribution in [0.3, 0.4) is 0 Å². The molecule has 0 spiro atoms. The zero-order valence-electron chi connectivity index (χ0n) is 17.0. The molecule has 2 heterocycles. The van der Waals surface area contributed by atoms with Crippen LogP contribution >= 0.6 is 0 Å². The van der Waals surface area contributed by atoms with Crippen molar-refractivity contribution < 1.29 is 37.1 Å². The molecule has 168 valence electrons. The fourth-order valence-electron chi connectivity index (χ4n) is 3.90. The lowest BCUT2D eigenvalue weighted by molar-refractivity contribution is -0.160. The average molecular weight is 446 g/mol. The maximum Gasteiger partial charge on any atom is 0.345 e. The molecule has 1 N–H and O–H groups in total. The number of furan rings is 1. The fraction of sp³-hybridized carbons (Fsp3) is 0.318. The Balaban J connectivity index is 1.44. The van der Waals surface area contributed by atoms with Gasteiger partial charge in [0, 0.05) is 29.3 Å². The number of hydrogen-bond acceptors (Lipinski definition) is 6. The van der Waals surface area contributed by atoms with Crippen molar-refractivity contribution >= 4 is 39.7 Å². The molecule has 1 aliphatic rings. The molecule has 32 heavy (non-hydrogen) atoms. The number of carbonyl (C=O) groups is 3.